The lowest BCUT2D eigenvalue weighted by Crippen LogP contribution is -2.06. The topological polar surface area (TPSA) is 34.1 Å². The maximum absolute atomic E-state index is 12.8. The van der Waals surface area contributed by atoms with Crippen LogP contribution < -0.4 is 0 Å². The fourth-order valence-electron chi connectivity index (χ4n) is 0.922. The third-order valence-corrected chi connectivity index (χ3v) is 2.15. The van der Waals surface area contributed by atoms with Crippen molar-refractivity contribution in [3.05, 3.63) is 34.9 Å². The van der Waals surface area contributed by atoms with Gasteiger partial charge >= 0.3 is 10.2 Å². The Bertz CT molecular complexity index is 470. The summed E-state index contributed by atoms with van der Waals surface area (Å²) in [4.78, 5) is 0. The standard InChI is InChI=1S/C7H3F5O2S/c8-4-1-5(9)7(11)3(6(4)10)2-15(12,13)14/h1H,2H2. The first-order valence-corrected chi connectivity index (χ1v) is 5.02. The molecule has 0 fully saturated rings. The van der Waals surface area contributed by atoms with Crippen LogP contribution in [0.15, 0.2) is 6.07 Å². The second-order valence-corrected chi connectivity index (χ2v) is 4.00. The van der Waals surface area contributed by atoms with Crippen LogP contribution in [0.4, 0.5) is 21.4 Å². The third kappa shape index (κ3) is 2.65. The van der Waals surface area contributed by atoms with E-state index in [0.29, 0.717) is 0 Å². The quantitative estimate of drug-likeness (QED) is 0.454. The molecule has 1 aromatic carbocycles. The molecule has 8 heteroatoms. The molecule has 0 N–H and O–H groups in total. The van der Waals surface area contributed by atoms with Crippen LogP contribution >= 0.6 is 0 Å². The fourth-order valence-corrected chi connectivity index (χ4v) is 1.52. The zero-order chi connectivity index (χ0) is 11.8. The normalized spacial score (nSPS) is 11.8. The van der Waals surface area contributed by atoms with Crippen molar-refractivity contribution in [3.63, 3.8) is 0 Å². The van der Waals surface area contributed by atoms with Gasteiger partial charge in [-0.3, -0.25) is 0 Å². The average Bonchev–Trinajstić information content (AvgIpc) is 2.08. The first kappa shape index (κ1) is 11.9. The zero-order valence-electron chi connectivity index (χ0n) is 6.90. The first-order chi connectivity index (χ1) is 6.72. The minimum Gasteiger partial charge on any atom is -0.204 e. The van der Waals surface area contributed by atoms with E-state index in [1.54, 1.807) is 0 Å². The van der Waals surface area contributed by atoms with Crippen LogP contribution in [0, 0.1) is 23.3 Å². The monoisotopic (exact) mass is 246 g/mol. The van der Waals surface area contributed by atoms with Crippen molar-refractivity contribution in [2.75, 3.05) is 0 Å². The van der Waals surface area contributed by atoms with Crippen LogP contribution in [0.25, 0.3) is 0 Å². The molecule has 0 atom stereocenters. The molecule has 2 nitrogen and oxygen atoms in total. The van der Waals surface area contributed by atoms with E-state index in [1.165, 1.54) is 0 Å². The molecular weight excluding hydrogens is 243 g/mol. The summed E-state index contributed by atoms with van der Waals surface area (Å²) in [5.41, 5.74) is -1.49. The number of benzene rings is 1. The van der Waals surface area contributed by atoms with Gasteiger partial charge in [-0.15, -0.1) is 3.89 Å². The van der Waals surface area contributed by atoms with Gasteiger partial charge in [-0.05, 0) is 0 Å². The Hall–Kier alpha value is -1.18. The summed E-state index contributed by atoms with van der Waals surface area (Å²) in [6.07, 6.45) is 0. The molecule has 0 heterocycles. The minimum atomic E-state index is -5.27. The summed E-state index contributed by atoms with van der Waals surface area (Å²) in [6, 6.07) is -0.0982. The molecule has 1 aromatic rings. The van der Waals surface area contributed by atoms with Crippen molar-refractivity contribution in [3.8, 4) is 0 Å². The Morgan fingerprint density at radius 3 is 1.73 bits per heavy atom. The lowest BCUT2D eigenvalue weighted by atomic mass is 10.2. The van der Waals surface area contributed by atoms with Crippen molar-refractivity contribution >= 4 is 10.2 Å². The first-order valence-electron chi connectivity index (χ1n) is 3.46. The Morgan fingerprint density at radius 1 is 1.00 bits per heavy atom. The van der Waals surface area contributed by atoms with E-state index in [2.05, 4.69) is 0 Å². The Morgan fingerprint density at radius 2 is 1.40 bits per heavy atom. The highest BCUT2D eigenvalue weighted by molar-refractivity contribution is 7.85. The van der Waals surface area contributed by atoms with E-state index in [1.807, 2.05) is 0 Å². The van der Waals surface area contributed by atoms with Crippen molar-refractivity contribution in [2.24, 2.45) is 0 Å². The Labute approximate surface area is 81.5 Å². The van der Waals surface area contributed by atoms with Crippen LogP contribution in [0.1, 0.15) is 5.56 Å². The van der Waals surface area contributed by atoms with E-state index < -0.39 is 44.8 Å². The molecule has 0 aliphatic rings. The highest BCUT2D eigenvalue weighted by Crippen LogP contribution is 2.21. The molecule has 0 aliphatic heterocycles. The number of rotatable bonds is 2. The molecule has 84 valence electrons. The van der Waals surface area contributed by atoms with Crippen LogP contribution in [0.2, 0.25) is 0 Å². The number of halogens is 5. The maximum Gasteiger partial charge on any atom is 0.306 e. The highest BCUT2D eigenvalue weighted by atomic mass is 32.3. The van der Waals surface area contributed by atoms with Gasteiger partial charge in [0.15, 0.2) is 23.3 Å². The molecule has 0 bridgehead atoms. The summed E-state index contributed by atoms with van der Waals surface area (Å²) in [6.45, 7) is 0. The number of hydrogen-bond donors (Lipinski definition) is 0. The molecule has 0 saturated heterocycles. The maximum atomic E-state index is 12.8. The van der Waals surface area contributed by atoms with Crippen molar-refractivity contribution in [2.45, 2.75) is 5.75 Å². The summed E-state index contributed by atoms with van der Waals surface area (Å²) in [7, 11) is -5.27. The molecule has 0 aliphatic carbocycles. The fraction of sp³-hybridized carbons (Fsp3) is 0.143. The van der Waals surface area contributed by atoms with E-state index in [4.69, 9.17) is 0 Å². The van der Waals surface area contributed by atoms with Gasteiger partial charge in [0, 0.05) is 11.6 Å². The second kappa shape index (κ2) is 3.76. The van der Waals surface area contributed by atoms with Gasteiger partial charge in [-0.2, -0.15) is 8.42 Å². The molecule has 1 rings (SSSR count). The summed E-state index contributed by atoms with van der Waals surface area (Å²) in [5, 5.41) is 0. The van der Waals surface area contributed by atoms with Crippen LogP contribution in [0.5, 0.6) is 0 Å². The molecule has 0 unspecified atom stereocenters. The SMILES string of the molecule is O=S(=O)(F)Cc1c(F)c(F)cc(F)c1F. The van der Waals surface area contributed by atoms with E-state index in [9.17, 15) is 29.9 Å². The molecule has 15 heavy (non-hydrogen) atoms. The Kier molecular flexibility index (Phi) is 2.98. The summed E-state index contributed by atoms with van der Waals surface area (Å²) in [5.74, 6) is -9.16. The predicted octanol–water partition coefficient (Wildman–Crippen LogP) is 2.04. The average molecular weight is 246 g/mol. The lowest BCUT2D eigenvalue weighted by molar-refractivity contribution is 0.441. The van der Waals surface area contributed by atoms with Crippen LogP contribution in [-0.4, -0.2) is 8.42 Å². The molecule has 0 radical (unpaired) electrons. The highest BCUT2D eigenvalue weighted by Gasteiger charge is 2.23. The van der Waals surface area contributed by atoms with E-state index >= 15 is 0 Å². The van der Waals surface area contributed by atoms with Gasteiger partial charge in [-0.25, -0.2) is 17.6 Å². The van der Waals surface area contributed by atoms with Gasteiger partial charge in [-0.1, -0.05) is 0 Å². The lowest BCUT2D eigenvalue weighted by Gasteiger charge is -2.03. The minimum absolute atomic E-state index is 0.0982. The van der Waals surface area contributed by atoms with Gasteiger partial charge in [0.2, 0.25) is 0 Å². The molecule has 0 saturated carbocycles. The van der Waals surface area contributed by atoms with E-state index in [0.717, 1.165) is 0 Å². The van der Waals surface area contributed by atoms with Gasteiger partial charge < -0.3 is 0 Å². The van der Waals surface area contributed by atoms with E-state index in [-0.39, 0.29) is 6.07 Å². The van der Waals surface area contributed by atoms with Crippen molar-refractivity contribution < 1.29 is 29.9 Å². The molecule has 0 aromatic heterocycles. The smallest absolute Gasteiger partial charge is 0.204 e. The van der Waals surface area contributed by atoms with Crippen LogP contribution in [-0.2, 0) is 16.0 Å². The van der Waals surface area contributed by atoms with Gasteiger partial charge in [0.1, 0.15) is 5.75 Å². The second-order valence-electron chi connectivity index (χ2n) is 2.63. The zero-order valence-corrected chi connectivity index (χ0v) is 7.72. The summed E-state index contributed by atoms with van der Waals surface area (Å²) < 4.78 is 82.8. The predicted molar refractivity (Wildman–Crippen MR) is 40.0 cm³/mol. The largest absolute Gasteiger partial charge is 0.306 e. The van der Waals surface area contributed by atoms with Gasteiger partial charge in [0.05, 0.1) is 0 Å². The van der Waals surface area contributed by atoms with Crippen LogP contribution in [0.3, 0.4) is 0 Å². The summed E-state index contributed by atoms with van der Waals surface area (Å²) >= 11 is 0. The molecule has 0 spiro atoms. The van der Waals surface area contributed by atoms with Crippen molar-refractivity contribution in [1.82, 2.24) is 0 Å². The molecule has 0 amide bonds. The Balaban J connectivity index is 3.40. The molecular formula is C7H3F5O2S. The van der Waals surface area contributed by atoms with Crippen molar-refractivity contribution in [1.29, 1.82) is 0 Å². The third-order valence-electron chi connectivity index (χ3n) is 1.52. The van der Waals surface area contributed by atoms with Gasteiger partial charge in [0.25, 0.3) is 0 Å². The number of hydrogen-bond acceptors (Lipinski definition) is 2.